The molecule has 57 heavy (non-hydrogen) atoms. The third-order valence-corrected chi connectivity index (χ3v) is 11.5. The number of hydrogen-bond donors (Lipinski definition) is 3. The average Bonchev–Trinajstić information content (AvgIpc) is 3.21. The fourth-order valence-corrected chi connectivity index (χ4v) is 7.57. The Morgan fingerprint density at radius 3 is 1.25 bits per heavy atom. The van der Waals surface area contributed by atoms with Gasteiger partial charge in [-0.05, 0) is 57.8 Å². The second kappa shape index (κ2) is 47.0. The number of rotatable bonds is 46. The smallest absolute Gasteiger partial charge is 0.305 e. The van der Waals surface area contributed by atoms with Crippen LogP contribution in [0, 0.1) is 0 Å². The molecule has 0 aromatic rings. The van der Waals surface area contributed by atoms with Crippen molar-refractivity contribution in [2.75, 3.05) is 13.2 Å². The molecule has 0 rings (SSSR count). The summed E-state index contributed by atoms with van der Waals surface area (Å²) in [6.45, 7) is 4.81. The van der Waals surface area contributed by atoms with Crippen LogP contribution in [0.4, 0.5) is 0 Å². The van der Waals surface area contributed by atoms with Crippen LogP contribution in [-0.4, -0.2) is 47.4 Å². The van der Waals surface area contributed by atoms with Crippen LogP contribution in [0.5, 0.6) is 0 Å². The van der Waals surface area contributed by atoms with Crippen molar-refractivity contribution in [1.82, 2.24) is 5.32 Å². The van der Waals surface area contributed by atoms with Crippen molar-refractivity contribution >= 4 is 11.9 Å². The zero-order valence-electron chi connectivity index (χ0n) is 38.1. The minimum atomic E-state index is -0.864. The molecular formula is C51H97NO5. The molecule has 0 aromatic carbocycles. The first kappa shape index (κ1) is 55.3. The Bertz CT molecular complexity index is 889. The molecule has 2 unspecified atom stereocenters. The molecule has 3 N–H and O–H groups in total. The summed E-state index contributed by atoms with van der Waals surface area (Å²) >= 11 is 0. The first-order valence-corrected chi connectivity index (χ1v) is 25.1. The first-order chi connectivity index (χ1) is 28.0. The van der Waals surface area contributed by atoms with Crippen LogP contribution in [0.25, 0.3) is 0 Å². The van der Waals surface area contributed by atoms with Gasteiger partial charge in [-0.2, -0.15) is 0 Å². The number of hydrogen-bond acceptors (Lipinski definition) is 5. The molecule has 6 heteroatoms. The lowest BCUT2D eigenvalue weighted by Gasteiger charge is -2.20. The van der Waals surface area contributed by atoms with Gasteiger partial charge in [0.25, 0.3) is 0 Å². The third kappa shape index (κ3) is 43.7. The predicted molar refractivity (Wildman–Crippen MR) is 246 cm³/mol. The lowest BCUT2D eigenvalue weighted by molar-refractivity contribution is -0.143. The van der Waals surface area contributed by atoms with E-state index in [9.17, 15) is 19.8 Å². The van der Waals surface area contributed by atoms with Gasteiger partial charge < -0.3 is 20.3 Å². The Morgan fingerprint density at radius 2 is 0.825 bits per heavy atom. The van der Waals surface area contributed by atoms with Gasteiger partial charge in [0.2, 0.25) is 5.91 Å². The predicted octanol–water partition coefficient (Wildman–Crippen LogP) is 14.7. The molecule has 0 radical (unpaired) electrons. The van der Waals surface area contributed by atoms with E-state index in [1.54, 1.807) is 6.08 Å². The summed E-state index contributed by atoms with van der Waals surface area (Å²) in [6.07, 6.45) is 54.7. The lowest BCUT2D eigenvalue weighted by Crippen LogP contribution is -2.45. The number of nitrogens with one attached hydrogen (secondary N) is 1. The quantitative estimate of drug-likeness (QED) is 0.0324. The number of amides is 1. The van der Waals surface area contributed by atoms with Gasteiger partial charge in [0, 0.05) is 12.8 Å². The average molecular weight is 804 g/mol. The molecule has 6 nitrogen and oxygen atoms in total. The maximum absolute atomic E-state index is 12.4. The molecule has 0 aliphatic heterocycles. The minimum Gasteiger partial charge on any atom is -0.466 e. The van der Waals surface area contributed by atoms with Gasteiger partial charge in [-0.1, -0.05) is 218 Å². The van der Waals surface area contributed by atoms with E-state index in [0.717, 1.165) is 77.0 Å². The van der Waals surface area contributed by atoms with Crippen LogP contribution in [0.3, 0.4) is 0 Å². The number of aliphatic hydroxyl groups excluding tert-OH is 2. The van der Waals surface area contributed by atoms with E-state index in [2.05, 4.69) is 31.3 Å². The summed E-state index contributed by atoms with van der Waals surface area (Å²) in [5, 5.41) is 22.9. The van der Waals surface area contributed by atoms with Crippen molar-refractivity contribution in [3.8, 4) is 0 Å². The van der Waals surface area contributed by atoms with E-state index in [1.807, 2.05) is 6.08 Å². The summed E-state index contributed by atoms with van der Waals surface area (Å²) in [5.74, 6) is -0.139. The fraction of sp³-hybridized carbons (Fsp3) is 0.882. The highest BCUT2D eigenvalue weighted by molar-refractivity contribution is 5.76. The highest BCUT2D eigenvalue weighted by atomic mass is 16.5. The molecule has 0 bridgehead atoms. The topological polar surface area (TPSA) is 95.9 Å². The number of unbranched alkanes of at least 4 members (excludes halogenated alkanes) is 33. The van der Waals surface area contributed by atoms with Crippen molar-refractivity contribution in [3.63, 3.8) is 0 Å². The van der Waals surface area contributed by atoms with Crippen LogP contribution in [0.2, 0.25) is 0 Å². The summed E-state index contributed by atoms with van der Waals surface area (Å²) < 4.78 is 5.44. The highest BCUT2D eigenvalue weighted by Crippen LogP contribution is 2.16. The standard InChI is InChI=1S/C51H97NO5/c1-3-5-7-9-11-13-15-17-18-19-20-21-22-24-29-33-37-41-45-51(56)57-46-42-38-34-30-26-25-28-32-36-40-44-50(55)52-48(47-53)49(54)43-39-35-31-27-23-16-14-12-10-8-6-4-2/h26,30,39,43,48-49,53-54H,3-25,27-29,31-38,40-42,44-47H2,1-2H3,(H,52,55)/b30-26-,43-39+. The van der Waals surface area contributed by atoms with Gasteiger partial charge in [0.05, 0.1) is 25.4 Å². The molecule has 0 saturated carbocycles. The summed E-state index contributed by atoms with van der Waals surface area (Å²) in [4.78, 5) is 24.4. The van der Waals surface area contributed by atoms with Crippen LogP contribution in [0.15, 0.2) is 24.3 Å². The maximum Gasteiger partial charge on any atom is 0.305 e. The molecule has 0 aliphatic carbocycles. The van der Waals surface area contributed by atoms with E-state index in [0.29, 0.717) is 19.4 Å². The number of ether oxygens (including phenoxy) is 1. The molecule has 0 heterocycles. The second-order valence-electron chi connectivity index (χ2n) is 17.1. The Morgan fingerprint density at radius 1 is 0.474 bits per heavy atom. The van der Waals surface area contributed by atoms with E-state index >= 15 is 0 Å². The molecule has 1 amide bonds. The van der Waals surface area contributed by atoms with Crippen molar-refractivity contribution in [2.24, 2.45) is 0 Å². The van der Waals surface area contributed by atoms with Crippen molar-refractivity contribution < 1.29 is 24.5 Å². The molecule has 0 aliphatic rings. The Balaban J connectivity index is 3.52. The van der Waals surface area contributed by atoms with Crippen LogP contribution in [0.1, 0.15) is 264 Å². The molecular weight excluding hydrogens is 707 g/mol. The number of aliphatic hydroxyl groups is 2. The minimum absolute atomic E-state index is 0.0347. The van der Waals surface area contributed by atoms with Crippen molar-refractivity contribution in [3.05, 3.63) is 24.3 Å². The number of carbonyl (C=O) groups excluding carboxylic acids is 2. The Kier molecular flexibility index (Phi) is 45.7. The van der Waals surface area contributed by atoms with Gasteiger partial charge in [-0.15, -0.1) is 0 Å². The first-order valence-electron chi connectivity index (χ1n) is 25.1. The molecule has 336 valence electrons. The van der Waals surface area contributed by atoms with E-state index in [4.69, 9.17) is 4.74 Å². The second-order valence-corrected chi connectivity index (χ2v) is 17.1. The van der Waals surface area contributed by atoms with Crippen LogP contribution < -0.4 is 5.32 Å². The monoisotopic (exact) mass is 804 g/mol. The number of allylic oxidation sites excluding steroid dienone is 3. The van der Waals surface area contributed by atoms with Gasteiger partial charge >= 0.3 is 5.97 Å². The Hall–Kier alpha value is -1.66. The zero-order valence-corrected chi connectivity index (χ0v) is 38.1. The number of esters is 1. The molecule has 0 aromatic heterocycles. The van der Waals surface area contributed by atoms with Crippen LogP contribution >= 0.6 is 0 Å². The molecule has 0 spiro atoms. The molecule has 0 saturated heterocycles. The van der Waals surface area contributed by atoms with Gasteiger partial charge in [0.15, 0.2) is 0 Å². The van der Waals surface area contributed by atoms with Crippen LogP contribution in [-0.2, 0) is 14.3 Å². The fourth-order valence-electron chi connectivity index (χ4n) is 7.57. The van der Waals surface area contributed by atoms with Gasteiger partial charge in [0.1, 0.15) is 0 Å². The molecule has 2 atom stereocenters. The van der Waals surface area contributed by atoms with Crippen molar-refractivity contribution in [1.29, 1.82) is 0 Å². The molecule has 0 fully saturated rings. The summed E-state index contributed by atoms with van der Waals surface area (Å²) in [6, 6.07) is -0.651. The summed E-state index contributed by atoms with van der Waals surface area (Å²) in [5.41, 5.74) is 0. The zero-order chi connectivity index (χ0) is 41.5. The lowest BCUT2D eigenvalue weighted by atomic mass is 10.0. The van der Waals surface area contributed by atoms with E-state index in [-0.39, 0.29) is 18.5 Å². The SMILES string of the molecule is CCCCCCCCCCCC/C=C/C(O)C(CO)NC(=O)CCCCCC/C=C\CCCCOC(=O)CCCCCCCCCCCCCCCCCCCC. The summed E-state index contributed by atoms with van der Waals surface area (Å²) in [7, 11) is 0. The number of carbonyl (C=O) groups is 2. The van der Waals surface area contributed by atoms with Gasteiger partial charge in [-0.25, -0.2) is 0 Å². The highest BCUT2D eigenvalue weighted by Gasteiger charge is 2.18. The maximum atomic E-state index is 12.4. The van der Waals surface area contributed by atoms with Gasteiger partial charge in [-0.3, -0.25) is 9.59 Å². The largest absolute Gasteiger partial charge is 0.466 e. The van der Waals surface area contributed by atoms with Crippen molar-refractivity contribution in [2.45, 2.75) is 276 Å². The van der Waals surface area contributed by atoms with E-state index in [1.165, 1.54) is 161 Å². The Labute approximate surface area is 354 Å². The third-order valence-electron chi connectivity index (χ3n) is 11.5. The normalized spacial score (nSPS) is 12.8. The van der Waals surface area contributed by atoms with E-state index < -0.39 is 12.1 Å².